The number of thiophene rings is 1. The largest absolute Gasteiger partial charge is 0.390 e. The molecule has 0 aliphatic carbocycles. The van der Waals surface area contributed by atoms with Crippen molar-refractivity contribution in [2.24, 2.45) is 0 Å². The monoisotopic (exact) mass is 357 g/mol. The Kier molecular flexibility index (Phi) is 5.47. The molecule has 1 aliphatic rings. The Labute approximate surface area is 145 Å². The zero-order valence-electron chi connectivity index (χ0n) is 11.7. The van der Waals surface area contributed by atoms with Gasteiger partial charge in [0, 0.05) is 46.5 Å². The molecule has 4 nitrogen and oxygen atoms in total. The number of aromatic nitrogens is 2. The van der Waals surface area contributed by atoms with E-state index in [1.54, 1.807) is 11.3 Å². The third-order valence-corrected chi connectivity index (χ3v) is 4.86. The number of nitrogens with zero attached hydrogens (tertiary/aromatic N) is 2. The van der Waals surface area contributed by atoms with Gasteiger partial charge in [0.25, 0.3) is 0 Å². The van der Waals surface area contributed by atoms with E-state index in [4.69, 9.17) is 0 Å². The molecule has 0 unspecified atom stereocenters. The molecule has 22 heavy (non-hydrogen) atoms. The summed E-state index contributed by atoms with van der Waals surface area (Å²) in [6, 6.07) is 8.43. The third-order valence-electron chi connectivity index (χ3n) is 3.90. The lowest BCUT2D eigenvalue weighted by Gasteiger charge is -2.17. The van der Waals surface area contributed by atoms with Crippen LogP contribution in [0.5, 0.6) is 0 Å². The Morgan fingerprint density at radius 2 is 2.05 bits per heavy atom. The summed E-state index contributed by atoms with van der Waals surface area (Å²) in [5.74, 6) is 0.940. The van der Waals surface area contributed by atoms with Gasteiger partial charge < -0.3 is 15.0 Å². The topological polar surface area (TPSA) is 50.1 Å². The van der Waals surface area contributed by atoms with Crippen LogP contribution in [0.15, 0.2) is 42.0 Å². The second kappa shape index (κ2) is 6.98. The first-order valence-corrected chi connectivity index (χ1v) is 7.61. The molecule has 1 aromatic carbocycles. The lowest BCUT2D eigenvalue weighted by molar-refractivity contribution is 0.151. The Bertz CT molecular complexity index is 758. The van der Waals surface area contributed by atoms with Crippen molar-refractivity contribution in [1.82, 2.24) is 14.9 Å². The zero-order chi connectivity index (χ0) is 13.5. The number of rotatable bonds is 2. The van der Waals surface area contributed by atoms with E-state index in [0.29, 0.717) is 6.54 Å². The van der Waals surface area contributed by atoms with Gasteiger partial charge in [0.2, 0.25) is 0 Å². The zero-order valence-corrected chi connectivity index (χ0v) is 14.1. The number of fused-ring (bicyclic) bond motifs is 1. The minimum Gasteiger partial charge on any atom is -0.390 e. The van der Waals surface area contributed by atoms with Crippen LogP contribution >= 0.6 is 36.2 Å². The van der Waals surface area contributed by atoms with Crippen molar-refractivity contribution in [2.75, 3.05) is 13.1 Å². The highest BCUT2D eigenvalue weighted by Crippen LogP contribution is 2.34. The molecule has 0 radical (unpaired) electrons. The predicted molar refractivity (Wildman–Crippen MR) is 95.5 cm³/mol. The van der Waals surface area contributed by atoms with Crippen molar-refractivity contribution in [3.63, 3.8) is 0 Å². The first-order valence-electron chi connectivity index (χ1n) is 6.73. The number of imidazole rings is 1. The van der Waals surface area contributed by atoms with Crippen molar-refractivity contribution in [2.45, 2.75) is 12.1 Å². The molecule has 3 aromatic rings. The fourth-order valence-electron chi connectivity index (χ4n) is 2.88. The maximum atomic E-state index is 10.1. The molecule has 2 N–H and O–H groups in total. The van der Waals surface area contributed by atoms with Gasteiger partial charge in [-0.15, -0.1) is 36.2 Å². The van der Waals surface area contributed by atoms with Crippen molar-refractivity contribution >= 4 is 46.2 Å². The van der Waals surface area contributed by atoms with Crippen molar-refractivity contribution < 1.29 is 5.11 Å². The van der Waals surface area contributed by atoms with Gasteiger partial charge in [0.1, 0.15) is 5.82 Å². The molecule has 0 bridgehead atoms. The van der Waals surface area contributed by atoms with Crippen LogP contribution in [0.2, 0.25) is 0 Å². The van der Waals surface area contributed by atoms with Crippen molar-refractivity contribution in [1.29, 1.82) is 0 Å². The summed E-state index contributed by atoms with van der Waals surface area (Å²) in [5, 5.41) is 16.7. The number of hydrogen-bond acceptors (Lipinski definition) is 4. The Hall–Kier alpha value is -1.11. The molecular formula is C15H17Cl2N3OS. The average molecular weight is 358 g/mol. The highest BCUT2D eigenvalue weighted by molar-refractivity contribution is 7.17. The van der Waals surface area contributed by atoms with Gasteiger partial charge in [0.15, 0.2) is 0 Å². The molecule has 0 amide bonds. The molecule has 0 spiro atoms. The van der Waals surface area contributed by atoms with E-state index in [1.807, 2.05) is 12.4 Å². The summed E-state index contributed by atoms with van der Waals surface area (Å²) in [6.45, 7) is 1.43. The van der Waals surface area contributed by atoms with Gasteiger partial charge in [0.05, 0.1) is 12.1 Å². The van der Waals surface area contributed by atoms with Gasteiger partial charge in [-0.25, -0.2) is 4.98 Å². The fourth-order valence-corrected chi connectivity index (χ4v) is 3.81. The lowest BCUT2D eigenvalue weighted by atomic mass is 10.1. The van der Waals surface area contributed by atoms with E-state index < -0.39 is 0 Å². The Balaban J connectivity index is 0.000000882. The number of halogens is 2. The highest BCUT2D eigenvalue weighted by atomic mass is 35.5. The molecule has 118 valence electrons. The average Bonchev–Trinajstić information content (AvgIpc) is 3.15. The smallest absolute Gasteiger partial charge is 0.141 e. The molecule has 1 saturated heterocycles. The number of nitrogens with one attached hydrogen (secondary N) is 1. The first kappa shape index (κ1) is 17.2. The van der Waals surface area contributed by atoms with Crippen molar-refractivity contribution in [3.8, 4) is 11.4 Å². The maximum absolute atomic E-state index is 10.1. The van der Waals surface area contributed by atoms with E-state index in [2.05, 4.69) is 44.5 Å². The summed E-state index contributed by atoms with van der Waals surface area (Å²) >= 11 is 1.73. The van der Waals surface area contributed by atoms with Gasteiger partial charge >= 0.3 is 0 Å². The summed E-state index contributed by atoms with van der Waals surface area (Å²) in [5.41, 5.74) is 1.15. The minimum absolute atomic E-state index is 0. The fraction of sp³-hybridized carbons (Fsp3) is 0.267. The minimum atomic E-state index is -0.354. The van der Waals surface area contributed by atoms with Crippen LogP contribution in [-0.4, -0.2) is 33.9 Å². The first-order chi connectivity index (χ1) is 9.84. The summed E-state index contributed by atoms with van der Waals surface area (Å²) in [7, 11) is 0. The molecule has 4 rings (SSSR count). The van der Waals surface area contributed by atoms with E-state index in [9.17, 15) is 5.11 Å². The second-order valence-electron chi connectivity index (χ2n) is 5.10. The predicted octanol–water partition coefficient (Wildman–Crippen LogP) is 3.11. The molecule has 1 aliphatic heterocycles. The number of benzene rings is 1. The van der Waals surface area contributed by atoms with Gasteiger partial charge in [-0.3, -0.25) is 0 Å². The second-order valence-corrected chi connectivity index (χ2v) is 6.01. The van der Waals surface area contributed by atoms with Crippen LogP contribution in [0.25, 0.3) is 21.5 Å². The molecular weight excluding hydrogens is 341 g/mol. The van der Waals surface area contributed by atoms with Crippen LogP contribution in [0.4, 0.5) is 0 Å². The summed E-state index contributed by atoms with van der Waals surface area (Å²) < 4.78 is 3.36. The summed E-state index contributed by atoms with van der Waals surface area (Å²) in [4.78, 5) is 4.52. The maximum Gasteiger partial charge on any atom is 0.141 e. The number of aliphatic hydroxyl groups excluding tert-OH is 1. The molecule has 3 heterocycles. The third kappa shape index (κ3) is 2.75. The Morgan fingerprint density at radius 1 is 1.23 bits per heavy atom. The quantitative estimate of drug-likeness (QED) is 0.740. The molecule has 2 aromatic heterocycles. The van der Waals surface area contributed by atoms with Crippen LogP contribution in [0.1, 0.15) is 6.04 Å². The SMILES string of the molecule is Cl.Cl.O[C@H]1CNC[C@H]1n1ccnc1-c1csc2ccccc12. The van der Waals surface area contributed by atoms with Gasteiger partial charge in [-0.2, -0.15) is 0 Å². The normalized spacial score (nSPS) is 20.6. The number of aliphatic hydroxyl groups is 1. The molecule has 2 atom stereocenters. The Morgan fingerprint density at radius 3 is 2.82 bits per heavy atom. The van der Waals surface area contributed by atoms with Crippen LogP contribution in [-0.2, 0) is 0 Å². The van der Waals surface area contributed by atoms with E-state index >= 15 is 0 Å². The molecule has 1 fully saturated rings. The number of hydrogen-bond donors (Lipinski definition) is 2. The van der Waals surface area contributed by atoms with E-state index in [0.717, 1.165) is 17.9 Å². The van der Waals surface area contributed by atoms with Gasteiger partial charge in [-0.1, -0.05) is 18.2 Å². The highest BCUT2D eigenvalue weighted by Gasteiger charge is 2.28. The summed E-state index contributed by atoms with van der Waals surface area (Å²) in [6.07, 6.45) is 3.42. The van der Waals surface area contributed by atoms with Crippen LogP contribution < -0.4 is 5.32 Å². The van der Waals surface area contributed by atoms with E-state index in [1.165, 1.54) is 10.1 Å². The standard InChI is InChI=1S/C15H15N3OS.2ClH/c19-13-8-16-7-12(13)18-6-5-17-15(18)11-9-20-14-4-2-1-3-10(11)14;;/h1-6,9,12-13,16,19H,7-8H2;2*1H/t12-,13+;;/m1../s1. The van der Waals surface area contributed by atoms with Gasteiger partial charge in [-0.05, 0) is 6.07 Å². The molecule has 7 heteroatoms. The van der Waals surface area contributed by atoms with Crippen LogP contribution in [0, 0.1) is 0 Å². The lowest BCUT2D eigenvalue weighted by Crippen LogP contribution is -2.22. The van der Waals surface area contributed by atoms with E-state index in [-0.39, 0.29) is 37.0 Å². The number of β-amino-alcohol motifs (C(OH)–C–C–N with tert-alkyl or cyclic N) is 1. The molecule has 0 saturated carbocycles. The van der Waals surface area contributed by atoms with Crippen LogP contribution in [0.3, 0.4) is 0 Å². The van der Waals surface area contributed by atoms with Crippen molar-refractivity contribution in [3.05, 3.63) is 42.0 Å².